The van der Waals surface area contributed by atoms with E-state index >= 15 is 0 Å². The van der Waals surface area contributed by atoms with E-state index in [2.05, 4.69) is 15.5 Å². The van der Waals surface area contributed by atoms with Gasteiger partial charge >= 0.3 is 0 Å². The number of aromatic amines is 1. The molecule has 1 saturated carbocycles. The summed E-state index contributed by atoms with van der Waals surface area (Å²) in [6.07, 6.45) is 7.75. The number of carbonyl (C=O) groups excluding carboxylic acids is 1. The van der Waals surface area contributed by atoms with Gasteiger partial charge < -0.3 is 14.5 Å². The highest BCUT2D eigenvalue weighted by molar-refractivity contribution is 5.91. The maximum Gasteiger partial charge on any atom is 0.287 e. The Kier molecular flexibility index (Phi) is 3.45. The summed E-state index contributed by atoms with van der Waals surface area (Å²) in [5.41, 5.74) is 0.938. The van der Waals surface area contributed by atoms with Crippen LogP contribution in [0, 0.1) is 6.92 Å². The summed E-state index contributed by atoms with van der Waals surface area (Å²) in [5.74, 6) is 0.854. The van der Waals surface area contributed by atoms with Crippen molar-refractivity contribution < 1.29 is 13.9 Å². The standard InChI is InChI=1S/C14H17N3O3/c1-9-5-13(19-8-9)14(18)17-11-3-2-4-12(11)20-10-6-15-16-7-10/h5-8,11-12H,2-4H2,1H3,(H,15,16)(H,17,18)/t11-,12+/m1/s1. The van der Waals surface area contributed by atoms with Crippen LogP contribution in [0.4, 0.5) is 0 Å². The lowest BCUT2D eigenvalue weighted by Gasteiger charge is -2.21. The van der Waals surface area contributed by atoms with Crippen LogP contribution in [0.15, 0.2) is 29.1 Å². The third-order valence-corrected chi connectivity index (χ3v) is 3.48. The van der Waals surface area contributed by atoms with Gasteiger partial charge in [-0.3, -0.25) is 9.89 Å². The van der Waals surface area contributed by atoms with Crippen molar-refractivity contribution in [2.24, 2.45) is 0 Å². The Morgan fingerprint density at radius 2 is 2.45 bits per heavy atom. The topological polar surface area (TPSA) is 80.2 Å². The van der Waals surface area contributed by atoms with Gasteiger partial charge in [-0.2, -0.15) is 5.10 Å². The number of aromatic nitrogens is 2. The Balaban J connectivity index is 1.62. The van der Waals surface area contributed by atoms with Crippen molar-refractivity contribution in [2.45, 2.75) is 38.3 Å². The molecule has 106 valence electrons. The van der Waals surface area contributed by atoms with E-state index in [1.807, 2.05) is 6.92 Å². The molecule has 0 saturated heterocycles. The number of carbonyl (C=O) groups is 1. The highest BCUT2D eigenvalue weighted by Crippen LogP contribution is 2.24. The number of ether oxygens (including phenoxy) is 1. The molecule has 2 N–H and O–H groups in total. The van der Waals surface area contributed by atoms with E-state index in [-0.39, 0.29) is 18.1 Å². The van der Waals surface area contributed by atoms with Crippen molar-refractivity contribution in [1.82, 2.24) is 15.5 Å². The smallest absolute Gasteiger partial charge is 0.287 e. The van der Waals surface area contributed by atoms with Crippen LogP contribution in [0.25, 0.3) is 0 Å². The van der Waals surface area contributed by atoms with Gasteiger partial charge in [-0.05, 0) is 37.8 Å². The molecule has 0 radical (unpaired) electrons. The van der Waals surface area contributed by atoms with Gasteiger partial charge in [0.2, 0.25) is 0 Å². The van der Waals surface area contributed by atoms with Gasteiger partial charge in [0.05, 0.1) is 24.7 Å². The predicted molar refractivity (Wildman–Crippen MR) is 71.6 cm³/mol. The Bertz CT molecular complexity index is 576. The minimum absolute atomic E-state index is 0.00260. The quantitative estimate of drug-likeness (QED) is 0.894. The maximum absolute atomic E-state index is 12.1. The summed E-state index contributed by atoms with van der Waals surface area (Å²) in [6.45, 7) is 1.89. The molecule has 2 aromatic heterocycles. The predicted octanol–water partition coefficient (Wildman–Crippen LogP) is 2.04. The van der Waals surface area contributed by atoms with Crippen LogP contribution >= 0.6 is 0 Å². The molecule has 6 heteroatoms. The lowest BCUT2D eigenvalue weighted by molar-refractivity contribution is 0.0866. The summed E-state index contributed by atoms with van der Waals surface area (Å²) in [7, 11) is 0. The van der Waals surface area contributed by atoms with Gasteiger partial charge in [0.1, 0.15) is 6.10 Å². The summed E-state index contributed by atoms with van der Waals surface area (Å²) in [6, 6.07) is 1.73. The van der Waals surface area contributed by atoms with E-state index in [1.54, 1.807) is 24.7 Å². The van der Waals surface area contributed by atoms with E-state index in [1.165, 1.54) is 0 Å². The molecule has 3 rings (SSSR count). The molecule has 6 nitrogen and oxygen atoms in total. The first-order valence-corrected chi connectivity index (χ1v) is 6.74. The molecular formula is C14H17N3O3. The first-order valence-electron chi connectivity index (χ1n) is 6.74. The largest absolute Gasteiger partial charge is 0.485 e. The number of H-pyrrole nitrogens is 1. The van der Waals surface area contributed by atoms with Crippen molar-refractivity contribution in [1.29, 1.82) is 0 Å². The van der Waals surface area contributed by atoms with E-state index in [0.29, 0.717) is 11.5 Å². The monoisotopic (exact) mass is 275 g/mol. The number of nitrogens with zero attached hydrogens (tertiary/aromatic N) is 1. The molecule has 1 amide bonds. The number of hydrogen-bond acceptors (Lipinski definition) is 4. The fraction of sp³-hybridized carbons (Fsp3) is 0.429. The zero-order chi connectivity index (χ0) is 13.9. The molecule has 0 spiro atoms. The van der Waals surface area contributed by atoms with E-state index in [4.69, 9.17) is 9.15 Å². The average molecular weight is 275 g/mol. The van der Waals surface area contributed by atoms with E-state index in [0.717, 1.165) is 24.8 Å². The van der Waals surface area contributed by atoms with Crippen LogP contribution in [-0.2, 0) is 0 Å². The SMILES string of the molecule is Cc1coc(C(=O)N[C@@H]2CCC[C@@H]2Oc2cn[nH]c2)c1. The molecule has 0 aliphatic heterocycles. The molecule has 0 unspecified atom stereocenters. The first-order chi connectivity index (χ1) is 9.72. The number of amides is 1. The molecule has 2 aromatic rings. The molecule has 0 aromatic carbocycles. The normalized spacial score (nSPS) is 21.9. The number of furan rings is 1. The lowest BCUT2D eigenvalue weighted by atomic mass is 10.2. The number of aryl methyl sites for hydroxylation is 1. The first kappa shape index (κ1) is 12.8. The molecule has 1 aliphatic rings. The molecule has 1 aliphatic carbocycles. The van der Waals surface area contributed by atoms with Crippen molar-refractivity contribution in [3.63, 3.8) is 0 Å². The zero-order valence-corrected chi connectivity index (χ0v) is 11.3. The van der Waals surface area contributed by atoms with E-state index < -0.39 is 0 Å². The van der Waals surface area contributed by atoms with Crippen LogP contribution in [0.2, 0.25) is 0 Å². The van der Waals surface area contributed by atoms with Crippen molar-refractivity contribution in [3.05, 3.63) is 36.0 Å². The van der Waals surface area contributed by atoms with Crippen LogP contribution in [-0.4, -0.2) is 28.3 Å². The molecule has 1 fully saturated rings. The minimum atomic E-state index is -0.189. The molecule has 2 atom stereocenters. The Hall–Kier alpha value is -2.24. The third-order valence-electron chi connectivity index (χ3n) is 3.48. The van der Waals surface area contributed by atoms with Gasteiger partial charge in [-0.25, -0.2) is 0 Å². The molecule has 0 bridgehead atoms. The highest BCUT2D eigenvalue weighted by atomic mass is 16.5. The molecule has 2 heterocycles. The van der Waals surface area contributed by atoms with Crippen LogP contribution in [0.3, 0.4) is 0 Å². The number of rotatable bonds is 4. The highest BCUT2D eigenvalue weighted by Gasteiger charge is 2.31. The summed E-state index contributed by atoms with van der Waals surface area (Å²) in [5, 5.41) is 9.54. The van der Waals surface area contributed by atoms with Gasteiger partial charge in [-0.15, -0.1) is 0 Å². The molecule has 20 heavy (non-hydrogen) atoms. The second kappa shape index (κ2) is 5.40. The van der Waals surface area contributed by atoms with Crippen LogP contribution in [0.5, 0.6) is 5.75 Å². The fourth-order valence-electron chi connectivity index (χ4n) is 2.50. The van der Waals surface area contributed by atoms with Gasteiger partial charge in [0.25, 0.3) is 5.91 Å². The van der Waals surface area contributed by atoms with Crippen molar-refractivity contribution >= 4 is 5.91 Å². The van der Waals surface area contributed by atoms with Gasteiger partial charge in [0.15, 0.2) is 11.5 Å². The van der Waals surface area contributed by atoms with Crippen LogP contribution < -0.4 is 10.1 Å². The van der Waals surface area contributed by atoms with Crippen molar-refractivity contribution in [3.8, 4) is 5.75 Å². The second-order valence-corrected chi connectivity index (χ2v) is 5.09. The number of nitrogens with one attached hydrogen (secondary N) is 2. The Morgan fingerprint density at radius 1 is 1.55 bits per heavy atom. The maximum atomic E-state index is 12.1. The van der Waals surface area contributed by atoms with Crippen LogP contribution in [0.1, 0.15) is 35.4 Å². The zero-order valence-electron chi connectivity index (χ0n) is 11.3. The average Bonchev–Trinajstić information content (AvgIpc) is 3.13. The summed E-state index contributed by atoms with van der Waals surface area (Å²) >= 11 is 0. The van der Waals surface area contributed by atoms with Gasteiger partial charge in [-0.1, -0.05) is 0 Å². The minimum Gasteiger partial charge on any atom is -0.485 e. The Labute approximate surface area is 116 Å². The lowest BCUT2D eigenvalue weighted by Crippen LogP contribution is -2.42. The third kappa shape index (κ3) is 2.68. The Morgan fingerprint density at radius 3 is 3.15 bits per heavy atom. The summed E-state index contributed by atoms with van der Waals surface area (Å²) < 4.78 is 11.0. The van der Waals surface area contributed by atoms with Gasteiger partial charge in [0, 0.05) is 0 Å². The number of hydrogen-bond donors (Lipinski definition) is 2. The second-order valence-electron chi connectivity index (χ2n) is 5.09. The van der Waals surface area contributed by atoms with E-state index in [9.17, 15) is 4.79 Å². The fourth-order valence-corrected chi connectivity index (χ4v) is 2.50. The van der Waals surface area contributed by atoms with Crippen molar-refractivity contribution in [2.75, 3.05) is 0 Å². The molecular weight excluding hydrogens is 258 g/mol. The summed E-state index contributed by atoms with van der Waals surface area (Å²) in [4.78, 5) is 12.1.